The van der Waals surface area contributed by atoms with Crippen LogP contribution in [0.5, 0.6) is 0 Å². The molecular weight excluding hydrogens is 283 g/mol. The highest BCUT2D eigenvalue weighted by Crippen LogP contribution is 2.38. The van der Waals surface area contributed by atoms with Crippen LogP contribution in [0.4, 0.5) is 0 Å². The van der Waals surface area contributed by atoms with E-state index in [1.54, 1.807) is 0 Å². The topological polar surface area (TPSA) is 43.4 Å². The highest BCUT2D eigenvalue weighted by Gasteiger charge is 2.28. The minimum absolute atomic E-state index is 0.0668. The van der Waals surface area contributed by atoms with E-state index < -0.39 is 19.9 Å². The number of carbonyl (C=O) groups excluding carboxylic acids is 2. The molecule has 3 nitrogen and oxygen atoms in total. The van der Waals surface area contributed by atoms with Gasteiger partial charge < -0.3 is 4.74 Å². The van der Waals surface area contributed by atoms with Crippen LogP contribution in [0.25, 0.3) is 0 Å². The van der Waals surface area contributed by atoms with Gasteiger partial charge >= 0.3 is 11.9 Å². The second-order valence-corrected chi connectivity index (χ2v) is 6.66. The second-order valence-electron chi connectivity index (χ2n) is 4.63. The van der Waals surface area contributed by atoms with Gasteiger partial charge in [-0.1, -0.05) is 60.7 Å². The first-order chi connectivity index (χ1) is 10.2. The highest BCUT2D eigenvalue weighted by molar-refractivity contribution is 7.75. The second kappa shape index (κ2) is 6.02. The lowest BCUT2D eigenvalue weighted by molar-refractivity contribution is -0.151. The lowest BCUT2D eigenvalue weighted by Crippen LogP contribution is -2.10. The molecule has 2 aromatic rings. The molecule has 1 heterocycles. The van der Waals surface area contributed by atoms with E-state index in [2.05, 4.69) is 4.74 Å². The van der Waals surface area contributed by atoms with Gasteiger partial charge in [0.2, 0.25) is 0 Å². The maximum Gasteiger partial charge on any atom is 0.342 e. The monoisotopic (exact) mass is 296 g/mol. The summed E-state index contributed by atoms with van der Waals surface area (Å²) >= 11 is 0. The van der Waals surface area contributed by atoms with Crippen molar-refractivity contribution in [1.29, 1.82) is 0 Å². The molecule has 4 heteroatoms. The summed E-state index contributed by atoms with van der Waals surface area (Å²) in [5.41, 5.74) is 0.457. The minimum atomic E-state index is -0.823. The predicted octanol–water partition coefficient (Wildman–Crippen LogP) is 2.48. The van der Waals surface area contributed by atoms with Gasteiger partial charge in [0.15, 0.2) is 0 Å². The zero-order chi connectivity index (χ0) is 14.7. The first kappa shape index (κ1) is 13.7. The van der Waals surface area contributed by atoms with Crippen molar-refractivity contribution in [2.45, 2.75) is 6.42 Å². The Balaban J connectivity index is 2.04. The molecule has 0 radical (unpaired) electrons. The third-order valence-corrected chi connectivity index (χ3v) is 5.44. The van der Waals surface area contributed by atoms with Crippen LogP contribution in [0.2, 0.25) is 0 Å². The van der Waals surface area contributed by atoms with Crippen LogP contribution in [0, 0.1) is 0 Å². The fourth-order valence-electron chi connectivity index (χ4n) is 2.16. The summed E-state index contributed by atoms with van der Waals surface area (Å²) in [6.07, 6.45) is 0.0668. The van der Waals surface area contributed by atoms with E-state index in [1.165, 1.54) is 0 Å². The quantitative estimate of drug-likeness (QED) is 0.378. The average molecular weight is 296 g/mol. The summed E-state index contributed by atoms with van der Waals surface area (Å²) in [6.45, 7) is 0. The van der Waals surface area contributed by atoms with E-state index >= 15 is 0 Å². The largest absolute Gasteiger partial charge is 0.389 e. The van der Waals surface area contributed by atoms with Gasteiger partial charge in [-0.25, -0.2) is 4.79 Å². The van der Waals surface area contributed by atoms with Crippen LogP contribution in [0.1, 0.15) is 6.42 Å². The van der Waals surface area contributed by atoms with Gasteiger partial charge in [0.25, 0.3) is 0 Å². The van der Waals surface area contributed by atoms with E-state index in [-0.39, 0.29) is 6.42 Å². The number of hydrogen-bond donors (Lipinski definition) is 0. The molecule has 0 atom stereocenters. The molecule has 0 aliphatic carbocycles. The predicted molar refractivity (Wildman–Crippen MR) is 82.9 cm³/mol. The Labute approximate surface area is 124 Å². The van der Waals surface area contributed by atoms with Gasteiger partial charge in [-0.15, -0.1) is 0 Å². The van der Waals surface area contributed by atoms with E-state index in [0.29, 0.717) is 5.57 Å². The van der Waals surface area contributed by atoms with Crippen LogP contribution < -0.4 is 10.6 Å². The van der Waals surface area contributed by atoms with Crippen molar-refractivity contribution >= 4 is 30.5 Å². The van der Waals surface area contributed by atoms with Crippen molar-refractivity contribution in [3.8, 4) is 0 Å². The van der Waals surface area contributed by atoms with Gasteiger partial charge in [-0.2, -0.15) is 0 Å². The Kier molecular flexibility index (Phi) is 3.94. The van der Waals surface area contributed by atoms with Crippen molar-refractivity contribution in [1.82, 2.24) is 0 Å². The standard InChI is InChI=1S/C17H13O3P/c18-16-11-13(17(19)20-16)12-21(14-7-3-1-4-8-14)15-9-5-2-6-10-15/h1-10,12H,11H2. The minimum Gasteiger partial charge on any atom is -0.389 e. The SMILES string of the molecule is O=C1CC(=CP(c2ccccc2)c2ccccc2)C(=O)O1. The van der Waals surface area contributed by atoms with Crippen molar-refractivity contribution in [3.63, 3.8) is 0 Å². The number of carbonyl (C=O) groups is 2. The van der Waals surface area contributed by atoms with Gasteiger partial charge in [0.1, 0.15) is 0 Å². The van der Waals surface area contributed by atoms with Gasteiger partial charge in [-0.3, -0.25) is 4.79 Å². The molecule has 0 unspecified atom stereocenters. The van der Waals surface area contributed by atoms with E-state index in [1.807, 2.05) is 66.5 Å². The highest BCUT2D eigenvalue weighted by atomic mass is 31.1. The maximum absolute atomic E-state index is 11.7. The summed E-state index contributed by atoms with van der Waals surface area (Å²) in [4.78, 5) is 22.9. The maximum atomic E-state index is 11.7. The number of benzene rings is 2. The first-order valence-corrected chi connectivity index (χ1v) is 8.00. The molecular formula is C17H13O3P. The van der Waals surface area contributed by atoms with E-state index in [4.69, 9.17) is 0 Å². The fourth-order valence-corrected chi connectivity index (χ4v) is 4.25. The molecule has 2 aromatic carbocycles. The number of cyclic esters (lactones) is 2. The molecule has 3 rings (SSSR count). The number of rotatable bonds is 3. The number of esters is 2. The molecule has 0 amide bonds. The number of hydrogen-bond acceptors (Lipinski definition) is 3. The molecule has 1 fully saturated rings. The Hall–Kier alpha value is -2.25. The van der Waals surface area contributed by atoms with Crippen LogP contribution >= 0.6 is 7.92 Å². The third kappa shape index (κ3) is 3.09. The molecule has 0 spiro atoms. The molecule has 0 N–H and O–H groups in total. The Bertz CT molecular complexity index is 653. The molecule has 1 aliphatic heterocycles. The summed E-state index contributed by atoms with van der Waals surface area (Å²) in [5, 5.41) is 2.27. The molecule has 21 heavy (non-hydrogen) atoms. The van der Waals surface area contributed by atoms with Gasteiger partial charge in [0.05, 0.1) is 6.42 Å². The smallest absolute Gasteiger partial charge is 0.342 e. The zero-order valence-corrected chi connectivity index (χ0v) is 12.1. The van der Waals surface area contributed by atoms with Gasteiger partial charge in [-0.05, 0) is 24.3 Å². The van der Waals surface area contributed by atoms with E-state index in [0.717, 1.165) is 10.6 Å². The molecule has 1 aliphatic rings. The molecule has 0 saturated carbocycles. The summed E-state index contributed by atoms with van der Waals surface area (Å²) in [6, 6.07) is 20.0. The Morgan fingerprint density at radius 3 is 1.81 bits per heavy atom. The van der Waals surface area contributed by atoms with Crippen molar-refractivity contribution < 1.29 is 14.3 Å². The average Bonchev–Trinajstić information content (AvgIpc) is 2.84. The van der Waals surface area contributed by atoms with Crippen molar-refractivity contribution in [2.75, 3.05) is 0 Å². The lowest BCUT2D eigenvalue weighted by atomic mass is 10.3. The van der Waals surface area contributed by atoms with Crippen LogP contribution in [-0.2, 0) is 14.3 Å². The van der Waals surface area contributed by atoms with Crippen molar-refractivity contribution in [3.05, 3.63) is 72.1 Å². The zero-order valence-electron chi connectivity index (χ0n) is 11.2. The van der Waals surface area contributed by atoms with Crippen LogP contribution in [0.15, 0.2) is 72.1 Å². The lowest BCUT2D eigenvalue weighted by Gasteiger charge is -2.14. The number of ether oxygens (including phenoxy) is 1. The van der Waals surface area contributed by atoms with Crippen LogP contribution in [-0.4, -0.2) is 11.9 Å². The summed E-state index contributed by atoms with van der Waals surface area (Å²) < 4.78 is 4.61. The fraction of sp³-hybridized carbons (Fsp3) is 0.0588. The summed E-state index contributed by atoms with van der Waals surface area (Å²) in [7, 11) is -0.823. The van der Waals surface area contributed by atoms with Crippen LogP contribution in [0.3, 0.4) is 0 Å². The Morgan fingerprint density at radius 1 is 0.857 bits per heavy atom. The first-order valence-electron chi connectivity index (χ1n) is 6.59. The molecule has 0 bridgehead atoms. The van der Waals surface area contributed by atoms with E-state index in [9.17, 15) is 9.59 Å². The molecule has 104 valence electrons. The summed E-state index contributed by atoms with van der Waals surface area (Å²) in [5.74, 6) is 0.912. The third-order valence-electron chi connectivity index (χ3n) is 3.16. The van der Waals surface area contributed by atoms with Crippen molar-refractivity contribution in [2.24, 2.45) is 0 Å². The normalized spacial score (nSPS) is 16.5. The molecule has 1 saturated heterocycles. The Morgan fingerprint density at radius 2 is 1.38 bits per heavy atom. The van der Waals surface area contributed by atoms with Gasteiger partial charge in [0, 0.05) is 5.57 Å². The molecule has 0 aromatic heterocycles.